The molecule has 0 unspecified atom stereocenters. The first-order chi connectivity index (χ1) is 11.2. The lowest BCUT2D eigenvalue weighted by atomic mass is 10.1. The van der Waals surface area contributed by atoms with E-state index in [1.807, 2.05) is 4.57 Å². The van der Waals surface area contributed by atoms with Crippen LogP contribution in [0.5, 0.6) is 0 Å². The van der Waals surface area contributed by atoms with Crippen molar-refractivity contribution in [1.82, 2.24) is 30.6 Å². The molecule has 8 nitrogen and oxygen atoms in total. The fraction of sp³-hybridized carbons (Fsp3) is 0.600. The van der Waals surface area contributed by atoms with E-state index in [0.717, 1.165) is 42.2 Å². The Labute approximate surface area is 136 Å². The quantitative estimate of drug-likeness (QED) is 0.590. The Morgan fingerprint density at radius 2 is 2.00 bits per heavy atom. The average Bonchev–Trinajstić information content (AvgIpc) is 3.20. The summed E-state index contributed by atoms with van der Waals surface area (Å²) in [5.74, 6) is 2.51. The van der Waals surface area contributed by atoms with Crippen LogP contribution in [0.3, 0.4) is 0 Å². The lowest BCUT2D eigenvalue weighted by Crippen LogP contribution is -2.37. The third-order valence-electron chi connectivity index (χ3n) is 3.71. The zero-order valence-electron chi connectivity index (χ0n) is 14.3. The SMILES string of the molecule is CCc1noc(CC)c1CNC(=NC)NCc1nncn1CC. The molecular weight excluding hydrogens is 294 g/mol. The number of rotatable bonds is 7. The summed E-state index contributed by atoms with van der Waals surface area (Å²) in [4.78, 5) is 4.24. The molecular formula is C15H25N7O. The molecule has 2 aromatic heterocycles. The number of hydrogen-bond donors (Lipinski definition) is 2. The highest BCUT2D eigenvalue weighted by molar-refractivity contribution is 5.79. The van der Waals surface area contributed by atoms with Crippen LogP contribution in [0.2, 0.25) is 0 Å². The summed E-state index contributed by atoms with van der Waals surface area (Å²) in [6, 6.07) is 0. The van der Waals surface area contributed by atoms with Crippen molar-refractivity contribution in [2.75, 3.05) is 7.05 Å². The second-order valence-electron chi connectivity index (χ2n) is 5.05. The number of nitrogens with zero attached hydrogens (tertiary/aromatic N) is 5. The van der Waals surface area contributed by atoms with Gasteiger partial charge in [0.25, 0.3) is 0 Å². The van der Waals surface area contributed by atoms with Crippen molar-refractivity contribution in [3.8, 4) is 0 Å². The highest BCUT2D eigenvalue weighted by Crippen LogP contribution is 2.15. The van der Waals surface area contributed by atoms with Crippen molar-refractivity contribution in [2.24, 2.45) is 4.99 Å². The lowest BCUT2D eigenvalue weighted by molar-refractivity contribution is 0.380. The summed E-state index contributed by atoms with van der Waals surface area (Å²) in [5, 5.41) is 18.7. The Bertz CT molecular complexity index is 623. The first kappa shape index (κ1) is 17.0. The van der Waals surface area contributed by atoms with Crippen LogP contribution in [0, 0.1) is 0 Å². The number of aliphatic imine (C=N–C) groups is 1. The summed E-state index contributed by atoms with van der Waals surface area (Å²) in [7, 11) is 1.75. The monoisotopic (exact) mass is 319 g/mol. The zero-order valence-corrected chi connectivity index (χ0v) is 14.3. The molecule has 0 aliphatic carbocycles. The fourth-order valence-electron chi connectivity index (χ4n) is 2.37. The van der Waals surface area contributed by atoms with Crippen LogP contribution in [0.25, 0.3) is 0 Å². The van der Waals surface area contributed by atoms with Crippen molar-refractivity contribution in [3.63, 3.8) is 0 Å². The Hall–Kier alpha value is -2.38. The minimum Gasteiger partial charge on any atom is -0.361 e. The molecule has 0 saturated carbocycles. The largest absolute Gasteiger partial charge is 0.361 e. The molecule has 126 valence electrons. The van der Waals surface area contributed by atoms with Crippen LogP contribution in [-0.2, 0) is 32.5 Å². The standard InChI is InChI=1S/C15H25N7O/c1-5-12-11(13(6-2)23-21-12)8-17-15(16-4)18-9-14-20-19-10-22(14)7-3/h10H,5-9H2,1-4H3,(H2,16,17,18). The summed E-state index contributed by atoms with van der Waals surface area (Å²) in [6.07, 6.45) is 3.41. The number of aromatic nitrogens is 4. The Balaban J connectivity index is 1.94. The predicted octanol–water partition coefficient (Wildman–Crippen LogP) is 1.28. The number of hydrogen-bond acceptors (Lipinski definition) is 5. The normalized spacial score (nSPS) is 11.7. The highest BCUT2D eigenvalue weighted by Gasteiger charge is 2.13. The van der Waals surface area contributed by atoms with E-state index in [0.29, 0.717) is 19.0 Å². The Kier molecular flexibility index (Phi) is 6.13. The second kappa shape index (κ2) is 8.30. The van der Waals surface area contributed by atoms with E-state index in [9.17, 15) is 0 Å². The first-order valence-electron chi connectivity index (χ1n) is 8.00. The van der Waals surface area contributed by atoms with Crippen LogP contribution < -0.4 is 10.6 Å². The topological polar surface area (TPSA) is 93.2 Å². The highest BCUT2D eigenvalue weighted by atomic mass is 16.5. The maximum Gasteiger partial charge on any atom is 0.191 e. The predicted molar refractivity (Wildman–Crippen MR) is 88.0 cm³/mol. The molecule has 0 bridgehead atoms. The fourth-order valence-corrected chi connectivity index (χ4v) is 2.37. The minimum atomic E-state index is 0.568. The van der Waals surface area contributed by atoms with E-state index in [2.05, 4.69) is 51.8 Å². The molecule has 0 amide bonds. The van der Waals surface area contributed by atoms with Crippen molar-refractivity contribution in [1.29, 1.82) is 0 Å². The van der Waals surface area contributed by atoms with Gasteiger partial charge in [0.15, 0.2) is 11.8 Å². The molecule has 0 aliphatic heterocycles. The van der Waals surface area contributed by atoms with E-state index in [-0.39, 0.29) is 0 Å². The van der Waals surface area contributed by atoms with Crippen molar-refractivity contribution < 1.29 is 4.52 Å². The van der Waals surface area contributed by atoms with Gasteiger partial charge < -0.3 is 19.7 Å². The van der Waals surface area contributed by atoms with E-state index in [1.165, 1.54) is 0 Å². The third kappa shape index (κ3) is 4.08. The Morgan fingerprint density at radius 1 is 1.22 bits per heavy atom. The second-order valence-corrected chi connectivity index (χ2v) is 5.05. The molecule has 2 aromatic rings. The van der Waals surface area contributed by atoms with Crippen molar-refractivity contribution in [3.05, 3.63) is 29.2 Å². The maximum absolute atomic E-state index is 5.38. The van der Waals surface area contributed by atoms with Crippen LogP contribution in [0.4, 0.5) is 0 Å². The van der Waals surface area contributed by atoms with E-state index in [4.69, 9.17) is 4.52 Å². The van der Waals surface area contributed by atoms with Crippen molar-refractivity contribution in [2.45, 2.75) is 53.2 Å². The van der Waals surface area contributed by atoms with Gasteiger partial charge in [-0.1, -0.05) is 19.0 Å². The van der Waals surface area contributed by atoms with Gasteiger partial charge in [0.2, 0.25) is 0 Å². The van der Waals surface area contributed by atoms with Crippen LogP contribution in [0.15, 0.2) is 15.8 Å². The van der Waals surface area contributed by atoms with Gasteiger partial charge in [-0.25, -0.2) is 0 Å². The molecule has 2 heterocycles. The molecule has 8 heteroatoms. The molecule has 2 rings (SSSR count). The van der Waals surface area contributed by atoms with Gasteiger partial charge in [0.05, 0.1) is 12.2 Å². The van der Waals surface area contributed by atoms with Gasteiger partial charge in [0.1, 0.15) is 12.1 Å². The van der Waals surface area contributed by atoms with Gasteiger partial charge in [-0.2, -0.15) is 0 Å². The van der Waals surface area contributed by atoms with E-state index >= 15 is 0 Å². The number of aryl methyl sites for hydroxylation is 3. The molecule has 23 heavy (non-hydrogen) atoms. The molecule has 0 saturated heterocycles. The Morgan fingerprint density at radius 3 is 2.65 bits per heavy atom. The van der Waals surface area contributed by atoms with Gasteiger partial charge in [0, 0.05) is 32.1 Å². The number of guanidine groups is 1. The summed E-state index contributed by atoms with van der Waals surface area (Å²) in [6.45, 7) is 8.24. The summed E-state index contributed by atoms with van der Waals surface area (Å²) in [5.41, 5.74) is 2.12. The third-order valence-corrected chi connectivity index (χ3v) is 3.71. The van der Waals surface area contributed by atoms with Gasteiger partial charge in [-0.15, -0.1) is 10.2 Å². The number of nitrogens with one attached hydrogen (secondary N) is 2. The summed E-state index contributed by atoms with van der Waals surface area (Å²) < 4.78 is 7.37. The summed E-state index contributed by atoms with van der Waals surface area (Å²) >= 11 is 0. The maximum atomic E-state index is 5.38. The van der Waals surface area contributed by atoms with Crippen LogP contribution in [-0.4, -0.2) is 32.9 Å². The van der Waals surface area contributed by atoms with Gasteiger partial charge >= 0.3 is 0 Å². The minimum absolute atomic E-state index is 0.568. The lowest BCUT2D eigenvalue weighted by Gasteiger charge is -2.12. The average molecular weight is 319 g/mol. The smallest absolute Gasteiger partial charge is 0.191 e. The molecule has 0 atom stereocenters. The molecule has 0 spiro atoms. The van der Waals surface area contributed by atoms with Crippen LogP contribution >= 0.6 is 0 Å². The zero-order chi connectivity index (χ0) is 16.7. The molecule has 0 fully saturated rings. The molecule has 0 aromatic carbocycles. The van der Waals surface area contributed by atoms with Crippen molar-refractivity contribution >= 4 is 5.96 Å². The van der Waals surface area contributed by atoms with Crippen LogP contribution in [0.1, 0.15) is 43.6 Å². The molecule has 2 N–H and O–H groups in total. The van der Waals surface area contributed by atoms with Gasteiger partial charge in [-0.05, 0) is 13.3 Å². The molecule has 0 aliphatic rings. The molecule has 0 radical (unpaired) electrons. The van der Waals surface area contributed by atoms with Gasteiger partial charge in [-0.3, -0.25) is 4.99 Å². The van der Waals surface area contributed by atoms with E-state index < -0.39 is 0 Å². The first-order valence-corrected chi connectivity index (χ1v) is 8.00. The van der Waals surface area contributed by atoms with E-state index in [1.54, 1.807) is 13.4 Å².